The smallest absolute Gasteiger partial charge is 0.244 e. The van der Waals surface area contributed by atoms with E-state index in [4.69, 9.17) is 34.7 Å². The second kappa shape index (κ2) is 6.58. The van der Waals surface area contributed by atoms with Crippen LogP contribution >= 0.6 is 23.8 Å². The first-order chi connectivity index (χ1) is 9.87. The number of sulfonamides is 1. The molecule has 2 rings (SSSR count). The van der Waals surface area contributed by atoms with Gasteiger partial charge in [0, 0.05) is 18.2 Å². The predicted octanol–water partition coefficient (Wildman–Crippen LogP) is 1.51. The van der Waals surface area contributed by atoms with Crippen molar-refractivity contribution >= 4 is 38.8 Å². The zero-order chi connectivity index (χ0) is 15.6. The number of nitrogens with two attached hydrogens (primary N) is 1. The molecule has 0 aromatic heterocycles. The van der Waals surface area contributed by atoms with Crippen LogP contribution in [0.5, 0.6) is 0 Å². The van der Waals surface area contributed by atoms with E-state index in [9.17, 15) is 8.42 Å². The number of hydrogen-bond acceptors (Lipinski definition) is 4. The maximum Gasteiger partial charge on any atom is 0.244 e. The summed E-state index contributed by atoms with van der Waals surface area (Å²) in [6.45, 7) is -0.178. The van der Waals surface area contributed by atoms with Gasteiger partial charge in [-0.1, -0.05) is 36.3 Å². The lowest BCUT2D eigenvalue weighted by Crippen LogP contribution is -2.45. The van der Waals surface area contributed by atoms with Gasteiger partial charge in [-0.3, -0.25) is 0 Å². The summed E-state index contributed by atoms with van der Waals surface area (Å²) >= 11 is 10.9. The van der Waals surface area contributed by atoms with E-state index in [0.29, 0.717) is 5.56 Å². The molecule has 0 aliphatic heterocycles. The SMILES string of the molecule is NC(=S)c1ccc(Cl)c(S(=O)(=O)N(CCO)C2CCC2)c1. The number of nitrogens with zero attached hydrogens (tertiary/aromatic N) is 1. The fourth-order valence-corrected chi connectivity index (χ4v) is 4.56. The van der Waals surface area contributed by atoms with Crippen LogP contribution in [0.15, 0.2) is 23.1 Å². The zero-order valence-corrected chi connectivity index (χ0v) is 13.7. The molecule has 0 saturated heterocycles. The minimum absolute atomic E-state index is 0.0187. The van der Waals surface area contributed by atoms with Crippen LogP contribution in [0.25, 0.3) is 0 Å². The highest BCUT2D eigenvalue weighted by molar-refractivity contribution is 7.89. The van der Waals surface area contributed by atoms with E-state index in [1.807, 2.05) is 0 Å². The molecule has 1 saturated carbocycles. The molecule has 0 amide bonds. The molecule has 1 aliphatic rings. The van der Waals surface area contributed by atoms with Gasteiger partial charge in [0.05, 0.1) is 11.6 Å². The van der Waals surface area contributed by atoms with E-state index in [0.717, 1.165) is 19.3 Å². The number of halogens is 1. The molecular weight excluding hydrogens is 332 g/mol. The molecule has 8 heteroatoms. The molecule has 0 unspecified atom stereocenters. The van der Waals surface area contributed by atoms with Crippen LogP contribution in [-0.2, 0) is 10.0 Å². The lowest BCUT2D eigenvalue weighted by molar-refractivity contribution is 0.178. The van der Waals surface area contributed by atoms with Gasteiger partial charge in [-0.2, -0.15) is 4.31 Å². The van der Waals surface area contributed by atoms with Crippen molar-refractivity contribution in [1.29, 1.82) is 0 Å². The Hall–Kier alpha value is -0.730. The Morgan fingerprint density at radius 2 is 2.14 bits per heavy atom. The lowest BCUT2D eigenvalue weighted by Gasteiger charge is -2.36. The van der Waals surface area contributed by atoms with Crippen molar-refractivity contribution in [2.24, 2.45) is 5.73 Å². The predicted molar refractivity (Wildman–Crippen MR) is 86.0 cm³/mol. The Labute approximate surface area is 134 Å². The monoisotopic (exact) mass is 348 g/mol. The minimum Gasteiger partial charge on any atom is -0.395 e. The fourth-order valence-electron chi connectivity index (χ4n) is 2.25. The summed E-state index contributed by atoms with van der Waals surface area (Å²) in [5.41, 5.74) is 6.00. The number of aliphatic hydroxyl groups excluding tert-OH is 1. The second-order valence-corrected chi connectivity index (χ2v) is 7.64. The molecule has 0 atom stereocenters. The van der Waals surface area contributed by atoms with Crippen LogP contribution in [0, 0.1) is 0 Å². The number of benzene rings is 1. The lowest BCUT2D eigenvalue weighted by atomic mass is 9.93. The third kappa shape index (κ3) is 3.37. The van der Waals surface area contributed by atoms with E-state index in [-0.39, 0.29) is 34.1 Å². The summed E-state index contributed by atoms with van der Waals surface area (Å²) in [5, 5.41) is 9.27. The number of hydrogen-bond donors (Lipinski definition) is 2. The molecule has 0 radical (unpaired) electrons. The highest BCUT2D eigenvalue weighted by Crippen LogP contribution is 2.32. The van der Waals surface area contributed by atoms with Gasteiger partial charge in [-0.25, -0.2) is 8.42 Å². The van der Waals surface area contributed by atoms with Crippen LogP contribution in [0.2, 0.25) is 5.02 Å². The fraction of sp³-hybridized carbons (Fsp3) is 0.462. The van der Waals surface area contributed by atoms with Gasteiger partial charge in [0.25, 0.3) is 0 Å². The Morgan fingerprint density at radius 3 is 2.62 bits per heavy atom. The highest BCUT2D eigenvalue weighted by Gasteiger charge is 2.35. The van der Waals surface area contributed by atoms with Crippen LogP contribution in [0.1, 0.15) is 24.8 Å². The van der Waals surface area contributed by atoms with Gasteiger partial charge >= 0.3 is 0 Å². The van der Waals surface area contributed by atoms with Gasteiger partial charge in [-0.05, 0) is 25.0 Å². The van der Waals surface area contributed by atoms with Gasteiger partial charge < -0.3 is 10.8 Å². The summed E-state index contributed by atoms with van der Waals surface area (Å²) in [6.07, 6.45) is 2.58. The van der Waals surface area contributed by atoms with Crippen molar-refractivity contribution in [1.82, 2.24) is 4.31 Å². The quantitative estimate of drug-likeness (QED) is 0.761. The van der Waals surface area contributed by atoms with Gasteiger partial charge in [0.1, 0.15) is 9.88 Å². The first-order valence-electron chi connectivity index (χ1n) is 6.60. The first-order valence-corrected chi connectivity index (χ1v) is 8.82. The Balaban J connectivity index is 2.45. The summed E-state index contributed by atoms with van der Waals surface area (Å²) in [4.78, 5) is 0.0929. The number of thiocarbonyl (C=S) groups is 1. The molecule has 0 bridgehead atoms. The summed E-state index contributed by atoms with van der Waals surface area (Å²) in [7, 11) is -3.78. The molecule has 0 heterocycles. The molecule has 5 nitrogen and oxygen atoms in total. The van der Waals surface area contributed by atoms with E-state index < -0.39 is 10.0 Å². The van der Waals surface area contributed by atoms with Crippen LogP contribution in [-0.4, -0.2) is 42.0 Å². The Morgan fingerprint density at radius 1 is 1.48 bits per heavy atom. The molecule has 3 N–H and O–H groups in total. The molecule has 1 aromatic carbocycles. The number of aliphatic hydroxyl groups is 1. The van der Waals surface area contributed by atoms with E-state index >= 15 is 0 Å². The van der Waals surface area contributed by atoms with Crippen molar-refractivity contribution in [3.8, 4) is 0 Å². The minimum atomic E-state index is -3.78. The van der Waals surface area contributed by atoms with Gasteiger partial charge in [0.2, 0.25) is 10.0 Å². The van der Waals surface area contributed by atoms with E-state index in [1.165, 1.54) is 16.4 Å². The van der Waals surface area contributed by atoms with Crippen molar-refractivity contribution in [2.75, 3.05) is 13.2 Å². The van der Waals surface area contributed by atoms with Crippen molar-refractivity contribution in [2.45, 2.75) is 30.2 Å². The zero-order valence-electron chi connectivity index (χ0n) is 11.3. The van der Waals surface area contributed by atoms with Crippen LogP contribution < -0.4 is 5.73 Å². The van der Waals surface area contributed by atoms with Gasteiger partial charge in [0.15, 0.2) is 0 Å². The average molecular weight is 349 g/mol. The molecular formula is C13H17ClN2O3S2. The number of rotatable bonds is 6. The Kier molecular flexibility index (Phi) is 5.21. The topological polar surface area (TPSA) is 83.6 Å². The second-order valence-electron chi connectivity index (χ2n) is 4.93. The van der Waals surface area contributed by atoms with E-state index in [2.05, 4.69) is 0 Å². The molecule has 1 fully saturated rings. The van der Waals surface area contributed by atoms with Crippen LogP contribution in [0.4, 0.5) is 0 Å². The van der Waals surface area contributed by atoms with Crippen molar-refractivity contribution < 1.29 is 13.5 Å². The standard InChI is InChI=1S/C13H17ClN2O3S2/c14-11-5-4-9(13(15)20)8-12(11)21(18,19)16(6-7-17)10-2-1-3-10/h4-5,8,10,17H,1-3,6-7H2,(H2,15,20). The summed E-state index contributed by atoms with van der Waals surface area (Å²) < 4.78 is 26.9. The third-order valence-electron chi connectivity index (χ3n) is 3.60. The average Bonchev–Trinajstić information content (AvgIpc) is 2.36. The molecule has 116 valence electrons. The largest absolute Gasteiger partial charge is 0.395 e. The summed E-state index contributed by atoms with van der Waals surface area (Å²) in [6, 6.07) is 4.37. The first kappa shape index (κ1) is 16.6. The van der Waals surface area contributed by atoms with E-state index in [1.54, 1.807) is 6.07 Å². The normalized spacial score (nSPS) is 16.0. The molecule has 1 aliphatic carbocycles. The highest BCUT2D eigenvalue weighted by atomic mass is 35.5. The summed E-state index contributed by atoms with van der Waals surface area (Å²) in [5.74, 6) is 0. The molecule has 21 heavy (non-hydrogen) atoms. The van der Waals surface area contributed by atoms with Crippen molar-refractivity contribution in [3.63, 3.8) is 0 Å². The maximum atomic E-state index is 12.8. The van der Waals surface area contributed by atoms with Crippen LogP contribution in [0.3, 0.4) is 0 Å². The van der Waals surface area contributed by atoms with Crippen molar-refractivity contribution in [3.05, 3.63) is 28.8 Å². The Bertz CT molecular complexity index is 645. The maximum absolute atomic E-state index is 12.8. The molecule has 1 aromatic rings. The third-order valence-corrected chi connectivity index (χ3v) is 6.27. The molecule has 0 spiro atoms. The van der Waals surface area contributed by atoms with Gasteiger partial charge in [-0.15, -0.1) is 0 Å².